The summed E-state index contributed by atoms with van der Waals surface area (Å²) >= 11 is 0. The van der Waals surface area contributed by atoms with E-state index >= 15 is 0 Å². The van der Waals surface area contributed by atoms with E-state index in [4.69, 9.17) is 0 Å². The lowest BCUT2D eigenvalue weighted by atomic mass is 9.90. The van der Waals surface area contributed by atoms with Crippen molar-refractivity contribution in [3.8, 4) is 5.75 Å². The van der Waals surface area contributed by atoms with E-state index in [1.165, 1.54) is 23.1 Å². The fourth-order valence-electron chi connectivity index (χ4n) is 2.04. The number of phenolic OH excluding ortho intramolecular Hbond substituents is 1. The molecule has 2 rings (SSSR count). The van der Waals surface area contributed by atoms with Crippen molar-refractivity contribution in [2.45, 2.75) is 26.3 Å². The Morgan fingerprint density at radius 2 is 1.85 bits per heavy atom. The van der Waals surface area contributed by atoms with E-state index in [2.05, 4.69) is 19.2 Å². The fourth-order valence-corrected chi connectivity index (χ4v) is 2.04. The monoisotopic (exact) mass is 177 g/mol. The molecule has 0 aliphatic carbocycles. The maximum Gasteiger partial charge on any atom is 0.116 e. The first kappa shape index (κ1) is 8.57. The maximum atomic E-state index is 9.37. The van der Waals surface area contributed by atoms with Gasteiger partial charge >= 0.3 is 0 Å². The number of rotatable bonds is 1. The van der Waals surface area contributed by atoms with Crippen LogP contribution in [0.4, 0.5) is 0 Å². The lowest BCUT2D eigenvalue weighted by Crippen LogP contribution is -2.35. The van der Waals surface area contributed by atoms with Crippen LogP contribution in [0.25, 0.3) is 0 Å². The van der Waals surface area contributed by atoms with Crippen LogP contribution >= 0.6 is 0 Å². The molecule has 1 atom stereocenters. The molecule has 0 radical (unpaired) electrons. The molecular formula is C11H15NO. The maximum absolute atomic E-state index is 9.37. The molecule has 0 saturated carbocycles. The molecule has 70 valence electrons. The number of aryl methyl sites for hydroxylation is 2. The van der Waals surface area contributed by atoms with Crippen molar-refractivity contribution < 1.29 is 5.11 Å². The zero-order valence-corrected chi connectivity index (χ0v) is 8.09. The summed E-state index contributed by atoms with van der Waals surface area (Å²) in [6, 6.07) is 4.19. The van der Waals surface area contributed by atoms with Gasteiger partial charge in [-0.15, -0.1) is 0 Å². The first-order chi connectivity index (χ1) is 6.18. The summed E-state index contributed by atoms with van der Waals surface area (Å²) in [5, 5.41) is 12.8. The Hall–Kier alpha value is -1.02. The van der Waals surface area contributed by atoms with Crippen molar-refractivity contribution in [1.29, 1.82) is 0 Å². The van der Waals surface area contributed by atoms with E-state index in [-0.39, 0.29) is 0 Å². The molecule has 1 unspecified atom stereocenters. The summed E-state index contributed by atoms with van der Waals surface area (Å²) in [6.45, 7) is 5.23. The molecule has 13 heavy (non-hydrogen) atoms. The highest BCUT2D eigenvalue weighted by molar-refractivity contribution is 5.42. The molecular weight excluding hydrogens is 162 g/mol. The van der Waals surface area contributed by atoms with Gasteiger partial charge in [0.15, 0.2) is 0 Å². The van der Waals surface area contributed by atoms with Crippen LogP contribution in [0, 0.1) is 13.8 Å². The van der Waals surface area contributed by atoms with E-state index in [9.17, 15) is 5.11 Å². The Kier molecular flexibility index (Phi) is 2.00. The Labute approximate surface area is 78.6 Å². The highest BCUT2D eigenvalue weighted by Crippen LogP contribution is 2.31. The molecule has 1 aromatic rings. The van der Waals surface area contributed by atoms with Crippen LogP contribution in [0.1, 0.15) is 29.2 Å². The van der Waals surface area contributed by atoms with Crippen LogP contribution in [0.3, 0.4) is 0 Å². The van der Waals surface area contributed by atoms with Crippen LogP contribution in [-0.2, 0) is 0 Å². The molecule has 2 nitrogen and oxygen atoms in total. The van der Waals surface area contributed by atoms with Crippen molar-refractivity contribution >= 4 is 0 Å². The van der Waals surface area contributed by atoms with E-state index in [1.54, 1.807) is 0 Å². The molecule has 0 aromatic heterocycles. The standard InChI is InChI=1S/C11H15NO/c1-7-5-9(13)6-8(2)11(7)10-3-4-12-10/h5-6,10,12-13H,3-4H2,1-2H3. The normalized spacial score (nSPS) is 21.2. The number of phenols is 1. The van der Waals surface area contributed by atoms with Crippen molar-refractivity contribution in [1.82, 2.24) is 5.32 Å². The summed E-state index contributed by atoms with van der Waals surface area (Å²) in [7, 11) is 0. The third-order valence-corrected chi connectivity index (χ3v) is 2.75. The van der Waals surface area contributed by atoms with Gasteiger partial charge in [-0.1, -0.05) is 0 Å². The molecule has 2 N–H and O–H groups in total. The second-order valence-corrected chi connectivity index (χ2v) is 3.79. The highest BCUT2D eigenvalue weighted by Gasteiger charge is 2.21. The second kappa shape index (κ2) is 3.04. The van der Waals surface area contributed by atoms with Crippen molar-refractivity contribution in [2.24, 2.45) is 0 Å². The van der Waals surface area contributed by atoms with Gasteiger partial charge in [0.25, 0.3) is 0 Å². The van der Waals surface area contributed by atoms with Gasteiger partial charge in [0.05, 0.1) is 0 Å². The molecule has 1 aliphatic rings. The predicted molar refractivity (Wildman–Crippen MR) is 52.9 cm³/mol. The average Bonchev–Trinajstić information content (AvgIpc) is 1.92. The first-order valence-corrected chi connectivity index (χ1v) is 4.72. The summed E-state index contributed by atoms with van der Waals surface area (Å²) in [5.41, 5.74) is 3.74. The van der Waals surface area contributed by atoms with Crippen molar-refractivity contribution in [2.75, 3.05) is 6.54 Å². The van der Waals surface area contributed by atoms with Gasteiger partial charge in [-0.25, -0.2) is 0 Å². The summed E-state index contributed by atoms with van der Waals surface area (Å²) < 4.78 is 0. The van der Waals surface area contributed by atoms with Gasteiger partial charge in [-0.2, -0.15) is 0 Å². The molecule has 0 spiro atoms. The zero-order chi connectivity index (χ0) is 9.42. The molecule has 1 aliphatic heterocycles. The zero-order valence-electron chi connectivity index (χ0n) is 8.09. The lowest BCUT2D eigenvalue weighted by Gasteiger charge is -2.30. The van der Waals surface area contributed by atoms with E-state index in [0.717, 1.165) is 6.54 Å². The first-order valence-electron chi connectivity index (χ1n) is 4.72. The van der Waals surface area contributed by atoms with Crippen LogP contribution in [0.15, 0.2) is 12.1 Å². The molecule has 2 heteroatoms. The topological polar surface area (TPSA) is 32.3 Å². The molecule has 1 heterocycles. The number of aromatic hydroxyl groups is 1. The summed E-state index contributed by atoms with van der Waals surface area (Å²) in [6.07, 6.45) is 1.21. The molecule has 0 bridgehead atoms. The number of benzene rings is 1. The molecule has 1 saturated heterocycles. The Morgan fingerprint density at radius 1 is 1.31 bits per heavy atom. The smallest absolute Gasteiger partial charge is 0.116 e. The van der Waals surface area contributed by atoms with E-state index < -0.39 is 0 Å². The third-order valence-electron chi connectivity index (χ3n) is 2.75. The highest BCUT2D eigenvalue weighted by atomic mass is 16.3. The van der Waals surface area contributed by atoms with Crippen LogP contribution < -0.4 is 5.32 Å². The van der Waals surface area contributed by atoms with Gasteiger partial charge in [0, 0.05) is 6.04 Å². The Bertz CT molecular complexity index is 306. The predicted octanol–water partition coefficient (Wildman–Crippen LogP) is 2.04. The van der Waals surface area contributed by atoms with E-state index in [1.807, 2.05) is 12.1 Å². The van der Waals surface area contributed by atoms with Crippen LogP contribution in [0.2, 0.25) is 0 Å². The quantitative estimate of drug-likeness (QED) is 0.688. The average molecular weight is 177 g/mol. The Morgan fingerprint density at radius 3 is 2.23 bits per heavy atom. The Balaban J connectivity index is 2.43. The molecule has 1 aromatic carbocycles. The summed E-state index contributed by atoms with van der Waals surface area (Å²) in [4.78, 5) is 0. The molecule has 0 amide bonds. The fraction of sp³-hybridized carbons (Fsp3) is 0.455. The largest absolute Gasteiger partial charge is 0.508 e. The van der Waals surface area contributed by atoms with E-state index in [0.29, 0.717) is 11.8 Å². The minimum atomic E-state index is 0.373. The summed E-state index contributed by atoms with van der Waals surface area (Å²) in [5.74, 6) is 0.373. The van der Waals surface area contributed by atoms with Crippen molar-refractivity contribution in [3.63, 3.8) is 0 Å². The molecule has 1 fully saturated rings. The minimum Gasteiger partial charge on any atom is -0.508 e. The lowest BCUT2D eigenvalue weighted by molar-refractivity contribution is 0.379. The van der Waals surface area contributed by atoms with Gasteiger partial charge < -0.3 is 10.4 Å². The third kappa shape index (κ3) is 1.42. The van der Waals surface area contributed by atoms with Gasteiger partial charge in [0.2, 0.25) is 0 Å². The van der Waals surface area contributed by atoms with Crippen LogP contribution in [-0.4, -0.2) is 11.7 Å². The van der Waals surface area contributed by atoms with Gasteiger partial charge in [0.1, 0.15) is 5.75 Å². The SMILES string of the molecule is Cc1cc(O)cc(C)c1C1CCN1. The minimum absolute atomic E-state index is 0.373. The number of hydrogen-bond acceptors (Lipinski definition) is 2. The van der Waals surface area contributed by atoms with Crippen molar-refractivity contribution in [3.05, 3.63) is 28.8 Å². The second-order valence-electron chi connectivity index (χ2n) is 3.79. The number of hydrogen-bond donors (Lipinski definition) is 2. The van der Waals surface area contributed by atoms with Crippen LogP contribution in [0.5, 0.6) is 5.75 Å². The van der Waals surface area contributed by atoms with Gasteiger partial charge in [-0.05, 0) is 55.6 Å². The number of nitrogens with one attached hydrogen (secondary N) is 1. The van der Waals surface area contributed by atoms with Gasteiger partial charge in [-0.3, -0.25) is 0 Å².